The second-order valence-electron chi connectivity index (χ2n) is 6.47. The van der Waals surface area contributed by atoms with Crippen molar-refractivity contribution in [3.8, 4) is 11.6 Å². The third-order valence-electron chi connectivity index (χ3n) is 4.27. The van der Waals surface area contributed by atoms with Crippen LogP contribution in [-0.4, -0.2) is 35.2 Å². The average molecular weight is 398 g/mol. The normalized spacial score (nSPS) is 17.2. The molecule has 0 aliphatic carbocycles. The molecule has 1 aliphatic heterocycles. The maximum Gasteiger partial charge on any atom is 0.435 e. The molecule has 0 spiro atoms. The van der Waals surface area contributed by atoms with Gasteiger partial charge in [-0.1, -0.05) is 0 Å². The number of carbonyl (C=O) groups is 1. The second kappa shape index (κ2) is 8.09. The number of amides is 1. The van der Waals surface area contributed by atoms with Crippen molar-refractivity contribution in [2.45, 2.75) is 32.0 Å². The minimum Gasteiger partial charge on any atom is -0.437 e. The molecule has 10 heteroatoms. The van der Waals surface area contributed by atoms with Crippen molar-refractivity contribution in [3.05, 3.63) is 46.9 Å². The number of hydrogen-bond donors (Lipinski definition) is 2. The van der Waals surface area contributed by atoms with Gasteiger partial charge in [0.2, 0.25) is 0 Å². The van der Waals surface area contributed by atoms with Gasteiger partial charge in [-0.3, -0.25) is 4.79 Å². The molecule has 2 N–H and O–H groups in total. The molecule has 1 saturated heterocycles. The van der Waals surface area contributed by atoms with Crippen LogP contribution in [0.4, 0.5) is 17.6 Å². The van der Waals surface area contributed by atoms with Gasteiger partial charge in [0, 0.05) is 12.6 Å². The Kier molecular flexibility index (Phi) is 5.78. The van der Waals surface area contributed by atoms with Gasteiger partial charge in [0.25, 0.3) is 11.8 Å². The largest absolute Gasteiger partial charge is 0.437 e. The quantitative estimate of drug-likeness (QED) is 0.774. The van der Waals surface area contributed by atoms with E-state index in [1.54, 1.807) is 6.92 Å². The Labute approximate surface area is 158 Å². The summed E-state index contributed by atoms with van der Waals surface area (Å²) in [6, 6.07) is 4.01. The van der Waals surface area contributed by atoms with E-state index in [9.17, 15) is 22.4 Å². The molecule has 2 heterocycles. The van der Waals surface area contributed by atoms with Crippen LogP contribution in [0.25, 0.3) is 0 Å². The summed E-state index contributed by atoms with van der Waals surface area (Å²) in [5.74, 6) is -1.47. The fourth-order valence-electron chi connectivity index (χ4n) is 2.83. The van der Waals surface area contributed by atoms with E-state index in [1.165, 1.54) is 12.1 Å². The summed E-state index contributed by atoms with van der Waals surface area (Å²) in [7, 11) is 0. The highest BCUT2D eigenvalue weighted by atomic mass is 19.4. The monoisotopic (exact) mass is 398 g/mol. The van der Waals surface area contributed by atoms with Crippen molar-refractivity contribution in [2.75, 3.05) is 13.1 Å². The van der Waals surface area contributed by atoms with E-state index in [1.807, 2.05) is 0 Å². The fourth-order valence-corrected chi connectivity index (χ4v) is 2.83. The fraction of sp³-hybridized carbons (Fsp3) is 0.389. The molecule has 1 unspecified atom stereocenters. The molecule has 0 saturated carbocycles. The molecule has 0 bridgehead atoms. The molecule has 1 fully saturated rings. The van der Waals surface area contributed by atoms with Crippen LogP contribution >= 0.6 is 0 Å². The van der Waals surface area contributed by atoms with Gasteiger partial charge in [0.1, 0.15) is 17.1 Å². The highest BCUT2D eigenvalue weighted by molar-refractivity contribution is 5.96. The third kappa shape index (κ3) is 4.75. The van der Waals surface area contributed by atoms with Gasteiger partial charge in [-0.05, 0) is 56.1 Å². The van der Waals surface area contributed by atoms with Gasteiger partial charge in [-0.2, -0.15) is 13.2 Å². The van der Waals surface area contributed by atoms with E-state index in [4.69, 9.17) is 4.74 Å². The molecule has 28 heavy (non-hydrogen) atoms. The minimum absolute atomic E-state index is 0.156. The second-order valence-corrected chi connectivity index (χ2v) is 6.47. The Hall–Kier alpha value is -2.75. The molecule has 1 atom stereocenters. The van der Waals surface area contributed by atoms with Gasteiger partial charge < -0.3 is 15.4 Å². The molecule has 1 aliphatic rings. The Morgan fingerprint density at radius 2 is 2.07 bits per heavy atom. The van der Waals surface area contributed by atoms with Crippen molar-refractivity contribution >= 4 is 5.91 Å². The number of rotatable bonds is 4. The first-order chi connectivity index (χ1) is 13.2. The predicted octanol–water partition coefficient (Wildman–Crippen LogP) is 3.22. The number of piperidine rings is 1. The van der Waals surface area contributed by atoms with Crippen LogP contribution in [-0.2, 0) is 6.18 Å². The summed E-state index contributed by atoms with van der Waals surface area (Å²) in [4.78, 5) is 12.6. The minimum atomic E-state index is -4.77. The lowest BCUT2D eigenvalue weighted by Gasteiger charge is -2.24. The van der Waals surface area contributed by atoms with E-state index < -0.39 is 29.2 Å². The van der Waals surface area contributed by atoms with Gasteiger partial charge in [0.05, 0.1) is 0 Å². The smallest absolute Gasteiger partial charge is 0.435 e. The van der Waals surface area contributed by atoms with Crippen LogP contribution in [0.3, 0.4) is 0 Å². The number of nitrogens with zero attached hydrogens (tertiary/aromatic N) is 2. The molecule has 6 nitrogen and oxygen atoms in total. The van der Waals surface area contributed by atoms with E-state index in [0.717, 1.165) is 19.0 Å². The highest BCUT2D eigenvalue weighted by Gasteiger charge is 2.35. The number of aromatic nitrogens is 2. The van der Waals surface area contributed by atoms with Gasteiger partial charge in [-0.15, -0.1) is 10.2 Å². The Balaban J connectivity index is 1.92. The SMILES string of the molecule is Cc1cc(F)ccc1Oc1nnc(C(F)(F)F)cc1C(=O)NC1CCCNC1. The molecule has 1 aromatic heterocycles. The zero-order valence-corrected chi connectivity index (χ0v) is 14.9. The number of alkyl halides is 3. The van der Waals surface area contributed by atoms with Gasteiger partial charge >= 0.3 is 6.18 Å². The highest BCUT2D eigenvalue weighted by Crippen LogP contribution is 2.32. The average Bonchev–Trinajstić information content (AvgIpc) is 2.64. The van der Waals surface area contributed by atoms with Crippen LogP contribution in [0.2, 0.25) is 0 Å². The van der Waals surface area contributed by atoms with E-state index in [0.29, 0.717) is 24.6 Å². The van der Waals surface area contributed by atoms with E-state index >= 15 is 0 Å². The summed E-state index contributed by atoms with van der Waals surface area (Å²) >= 11 is 0. The maximum absolute atomic E-state index is 13.3. The van der Waals surface area contributed by atoms with Crippen LogP contribution in [0, 0.1) is 12.7 Å². The van der Waals surface area contributed by atoms with Crippen molar-refractivity contribution in [1.29, 1.82) is 0 Å². The third-order valence-corrected chi connectivity index (χ3v) is 4.27. The number of halogens is 4. The standard InChI is InChI=1S/C18H18F4N4O2/c1-10-7-11(19)4-5-14(10)28-17-13(8-15(25-26-17)18(20,21)22)16(27)24-12-3-2-6-23-9-12/h4-5,7-8,12,23H,2-3,6,9H2,1H3,(H,24,27). The van der Waals surface area contributed by atoms with Crippen molar-refractivity contribution < 1.29 is 27.1 Å². The van der Waals surface area contributed by atoms with Crippen molar-refractivity contribution in [2.24, 2.45) is 0 Å². The molecular weight excluding hydrogens is 380 g/mol. The number of ether oxygens (including phenoxy) is 1. The van der Waals surface area contributed by atoms with Crippen molar-refractivity contribution in [1.82, 2.24) is 20.8 Å². The topological polar surface area (TPSA) is 76.1 Å². The molecular formula is C18H18F4N4O2. The summed E-state index contributed by atoms with van der Waals surface area (Å²) < 4.78 is 57.8. The Morgan fingerprint density at radius 3 is 2.71 bits per heavy atom. The van der Waals surface area contributed by atoms with E-state index in [-0.39, 0.29) is 17.7 Å². The molecule has 0 radical (unpaired) electrons. The molecule has 3 rings (SSSR count). The van der Waals surface area contributed by atoms with E-state index in [2.05, 4.69) is 20.8 Å². The lowest BCUT2D eigenvalue weighted by molar-refractivity contribution is -0.141. The Morgan fingerprint density at radius 1 is 1.29 bits per heavy atom. The number of benzene rings is 1. The van der Waals surface area contributed by atoms with Gasteiger partial charge in [-0.25, -0.2) is 4.39 Å². The number of hydrogen-bond acceptors (Lipinski definition) is 5. The molecule has 2 aromatic rings. The zero-order chi connectivity index (χ0) is 20.3. The number of carbonyl (C=O) groups excluding carboxylic acids is 1. The number of nitrogens with one attached hydrogen (secondary N) is 2. The molecule has 150 valence electrons. The predicted molar refractivity (Wildman–Crippen MR) is 91.6 cm³/mol. The van der Waals surface area contributed by atoms with Crippen LogP contribution in [0.15, 0.2) is 24.3 Å². The van der Waals surface area contributed by atoms with Crippen molar-refractivity contribution in [3.63, 3.8) is 0 Å². The summed E-state index contributed by atoms with van der Waals surface area (Å²) in [5, 5.41) is 12.4. The van der Waals surface area contributed by atoms with Gasteiger partial charge in [0.15, 0.2) is 5.69 Å². The first kappa shape index (κ1) is 20.0. The Bertz CT molecular complexity index is 867. The first-order valence-corrected chi connectivity index (χ1v) is 8.64. The zero-order valence-electron chi connectivity index (χ0n) is 14.9. The lowest BCUT2D eigenvalue weighted by Crippen LogP contribution is -2.45. The summed E-state index contributed by atoms with van der Waals surface area (Å²) in [6.07, 6.45) is -3.22. The van der Waals surface area contributed by atoms with Crippen LogP contribution in [0.1, 0.15) is 34.5 Å². The van der Waals surface area contributed by atoms with Crippen LogP contribution < -0.4 is 15.4 Å². The molecule has 1 aromatic carbocycles. The summed E-state index contributed by atoms with van der Waals surface area (Å²) in [5.41, 5.74) is -1.30. The number of aryl methyl sites for hydroxylation is 1. The first-order valence-electron chi connectivity index (χ1n) is 8.64. The lowest BCUT2D eigenvalue weighted by atomic mass is 10.1. The maximum atomic E-state index is 13.3. The van der Waals surface area contributed by atoms with Crippen LogP contribution in [0.5, 0.6) is 11.6 Å². The molecule has 1 amide bonds. The summed E-state index contributed by atoms with van der Waals surface area (Å²) in [6.45, 7) is 2.90.